The molecule has 0 spiro atoms. The molecule has 0 fully saturated rings. The molecule has 11 aromatic rings. The van der Waals surface area contributed by atoms with E-state index in [9.17, 15) is 0 Å². The molecule has 0 amide bonds. The molecule has 1 atom stereocenters. The van der Waals surface area contributed by atoms with Crippen molar-refractivity contribution in [3.05, 3.63) is 265 Å². The average molecular weight is 842 g/mol. The molecule has 310 valence electrons. The van der Waals surface area contributed by atoms with Gasteiger partial charge in [0.15, 0.2) is 0 Å². The molecule has 3 heteroatoms. The average Bonchev–Trinajstić information content (AvgIpc) is 3.41. The first-order valence-corrected chi connectivity index (χ1v) is 22.6. The fourth-order valence-corrected chi connectivity index (χ4v) is 9.80. The minimum Gasteiger partial charge on any atom is -0.359 e. The van der Waals surface area contributed by atoms with Gasteiger partial charge in [-0.2, -0.15) is 0 Å². The van der Waals surface area contributed by atoms with E-state index in [1.54, 1.807) is 0 Å². The number of fused-ring (bicyclic) bond motifs is 6. The smallest absolute Gasteiger partial charge is 0.134 e. The molecule has 0 bridgehead atoms. The second-order valence-corrected chi connectivity index (χ2v) is 16.9. The summed E-state index contributed by atoms with van der Waals surface area (Å²) in [5, 5.41) is 11.3. The molecule has 10 aromatic carbocycles. The third-order valence-electron chi connectivity index (χ3n) is 12.9. The van der Waals surface area contributed by atoms with Gasteiger partial charge < -0.3 is 5.32 Å². The van der Waals surface area contributed by atoms with Crippen molar-refractivity contribution < 1.29 is 0 Å². The maximum atomic E-state index is 5.63. The zero-order valence-corrected chi connectivity index (χ0v) is 36.1. The first kappa shape index (κ1) is 39.0. The van der Waals surface area contributed by atoms with Crippen molar-refractivity contribution in [3.63, 3.8) is 0 Å². The number of nitrogens with zero attached hydrogens (tertiary/aromatic N) is 2. The summed E-state index contributed by atoms with van der Waals surface area (Å²) in [5.41, 5.74) is 14.8. The van der Waals surface area contributed by atoms with Crippen molar-refractivity contribution in [2.45, 2.75) is 6.04 Å². The highest BCUT2D eigenvalue weighted by atomic mass is 15.0. The van der Waals surface area contributed by atoms with Crippen LogP contribution in [0.1, 0.15) is 22.7 Å². The number of hydrogen-bond donors (Lipinski definition) is 1. The Labute approximate surface area is 384 Å². The summed E-state index contributed by atoms with van der Waals surface area (Å²) in [6.45, 7) is 0. The number of amidine groups is 1. The summed E-state index contributed by atoms with van der Waals surface area (Å²) in [5.74, 6) is 0.844. The molecule has 1 aliphatic rings. The van der Waals surface area contributed by atoms with Crippen LogP contribution in [0.2, 0.25) is 0 Å². The summed E-state index contributed by atoms with van der Waals surface area (Å²) in [6, 6.07) is 86.5. The van der Waals surface area contributed by atoms with Crippen molar-refractivity contribution in [3.8, 4) is 55.9 Å². The number of benzene rings is 10. The van der Waals surface area contributed by atoms with Crippen molar-refractivity contribution in [2.24, 2.45) is 4.99 Å². The summed E-state index contributed by atoms with van der Waals surface area (Å²) in [6.07, 6.45) is 2.26. The number of aromatic nitrogens is 1. The lowest BCUT2D eigenvalue weighted by Crippen LogP contribution is -2.31. The molecule has 0 aliphatic carbocycles. The van der Waals surface area contributed by atoms with Gasteiger partial charge in [0.05, 0.1) is 23.1 Å². The van der Waals surface area contributed by atoms with Crippen molar-refractivity contribution in [1.82, 2.24) is 10.3 Å². The molecule has 0 radical (unpaired) electrons. The van der Waals surface area contributed by atoms with Gasteiger partial charge in [-0.05, 0) is 72.3 Å². The normalized spacial score (nSPS) is 13.6. The van der Waals surface area contributed by atoms with Crippen LogP contribution in [0.15, 0.2) is 254 Å². The van der Waals surface area contributed by atoms with E-state index in [0.717, 1.165) is 78.6 Å². The van der Waals surface area contributed by atoms with E-state index < -0.39 is 0 Å². The van der Waals surface area contributed by atoms with Gasteiger partial charge in [0.2, 0.25) is 0 Å². The van der Waals surface area contributed by atoms with Gasteiger partial charge in [0.1, 0.15) is 5.84 Å². The Bertz CT molecular complexity index is 3480. The van der Waals surface area contributed by atoms with Crippen LogP contribution in [-0.4, -0.2) is 10.8 Å². The SMILES string of the molecule is C1=C(c2ccc(-c3c(-c4ccccc4)c(-c4ccccc4)nc(-c4ccccc4)c3-c3ccccc3)cc2)N=C(c2ccc3c4ccccc4c4ccccc4c3c2)NC1c1ccccc1. The topological polar surface area (TPSA) is 37.3 Å². The van der Waals surface area contributed by atoms with Crippen molar-refractivity contribution in [1.29, 1.82) is 0 Å². The lowest BCUT2D eigenvalue weighted by Gasteiger charge is -2.25. The maximum Gasteiger partial charge on any atom is 0.134 e. The number of pyridine rings is 1. The van der Waals surface area contributed by atoms with Gasteiger partial charge in [-0.15, -0.1) is 0 Å². The van der Waals surface area contributed by atoms with E-state index in [1.807, 2.05) is 0 Å². The van der Waals surface area contributed by atoms with Gasteiger partial charge in [-0.1, -0.05) is 237 Å². The molecule has 1 N–H and O–H groups in total. The summed E-state index contributed by atoms with van der Waals surface area (Å²) < 4.78 is 0. The first-order chi connectivity index (χ1) is 32.7. The number of hydrogen-bond acceptors (Lipinski definition) is 3. The highest BCUT2D eigenvalue weighted by molar-refractivity contribution is 6.26. The van der Waals surface area contributed by atoms with E-state index in [4.69, 9.17) is 9.98 Å². The predicted octanol–water partition coefficient (Wildman–Crippen LogP) is 16.0. The second kappa shape index (κ2) is 16.8. The van der Waals surface area contributed by atoms with Crippen LogP contribution < -0.4 is 5.32 Å². The number of nitrogens with one attached hydrogen (secondary N) is 1. The van der Waals surface area contributed by atoms with Gasteiger partial charge >= 0.3 is 0 Å². The fraction of sp³-hybridized carbons (Fsp3) is 0.0159. The summed E-state index contributed by atoms with van der Waals surface area (Å²) in [4.78, 5) is 11.1. The third-order valence-corrected chi connectivity index (χ3v) is 12.9. The monoisotopic (exact) mass is 841 g/mol. The van der Waals surface area contributed by atoms with E-state index >= 15 is 0 Å². The molecule has 12 rings (SSSR count). The van der Waals surface area contributed by atoms with Crippen LogP contribution in [0, 0.1) is 0 Å². The molecule has 2 heterocycles. The number of aliphatic imine (C=N–C) groups is 1. The van der Waals surface area contributed by atoms with Gasteiger partial charge in [0.25, 0.3) is 0 Å². The van der Waals surface area contributed by atoms with Crippen LogP contribution in [0.4, 0.5) is 0 Å². The Kier molecular flexibility index (Phi) is 9.92. The lowest BCUT2D eigenvalue weighted by molar-refractivity contribution is 0.781. The first-order valence-electron chi connectivity index (χ1n) is 22.6. The molecule has 1 unspecified atom stereocenters. The van der Waals surface area contributed by atoms with Crippen LogP contribution in [0.25, 0.3) is 93.9 Å². The summed E-state index contributed by atoms with van der Waals surface area (Å²) in [7, 11) is 0. The quantitative estimate of drug-likeness (QED) is 0.155. The molecule has 1 aliphatic heterocycles. The van der Waals surface area contributed by atoms with Crippen LogP contribution in [0.3, 0.4) is 0 Å². The molecular weight excluding hydrogens is 799 g/mol. The largest absolute Gasteiger partial charge is 0.359 e. The fourth-order valence-electron chi connectivity index (χ4n) is 9.80. The molecule has 3 nitrogen and oxygen atoms in total. The zero-order valence-electron chi connectivity index (χ0n) is 36.1. The Hall–Kier alpha value is -8.66. The number of rotatable bonds is 8. The van der Waals surface area contributed by atoms with Crippen LogP contribution in [-0.2, 0) is 0 Å². The standard InChI is InChI=1S/C63H43N3/c1-6-20-42(21-7-1)56-41-57(65-63(64-56)49-38-39-54-52-32-17-16-30-50(52)51-31-18-19-33-53(51)55(54)40-49)43-34-36-46(37-35-43)58-59(44-22-8-2-9-23-44)61(47-26-12-4-13-27-47)66-62(48-28-14-5-15-29-48)60(58)45-24-10-3-11-25-45/h1-41,56H,(H,64,65). The Morgan fingerprint density at radius 3 is 1.18 bits per heavy atom. The minimum absolute atomic E-state index is 0.0890. The Morgan fingerprint density at radius 2 is 0.682 bits per heavy atom. The van der Waals surface area contributed by atoms with E-state index in [-0.39, 0.29) is 6.04 Å². The minimum atomic E-state index is -0.0890. The third kappa shape index (κ3) is 7.04. The van der Waals surface area contributed by atoms with Crippen LogP contribution in [0.5, 0.6) is 0 Å². The highest BCUT2D eigenvalue weighted by Gasteiger charge is 2.26. The van der Waals surface area contributed by atoms with Crippen molar-refractivity contribution in [2.75, 3.05) is 0 Å². The lowest BCUT2D eigenvalue weighted by atomic mass is 9.83. The highest BCUT2D eigenvalue weighted by Crippen LogP contribution is 2.49. The molecule has 1 aromatic heterocycles. The van der Waals surface area contributed by atoms with E-state index in [2.05, 4.69) is 254 Å². The Morgan fingerprint density at radius 1 is 0.303 bits per heavy atom. The molecule has 0 saturated heterocycles. The van der Waals surface area contributed by atoms with Gasteiger partial charge in [0, 0.05) is 33.4 Å². The Balaban J connectivity index is 1.06. The van der Waals surface area contributed by atoms with Gasteiger partial charge in [-0.3, -0.25) is 0 Å². The van der Waals surface area contributed by atoms with Crippen LogP contribution >= 0.6 is 0 Å². The van der Waals surface area contributed by atoms with E-state index in [0.29, 0.717) is 0 Å². The van der Waals surface area contributed by atoms with Crippen molar-refractivity contribution >= 4 is 43.9 Å². The van der Waals surface area contributed by atoms with Gasteiger partial charge in [-0.25, -0.2) is 9.98 Å². The molecule has 66 heavy (non-hydrogen) atoms. The second-order valence-electron chi connectivity index (χ2n) is 16.9. The summed E-state index contributed by atoms with van der Waals surface area (Å²) >= 11 is 0. The van der Waals surface area contributed by atoms with E-state index in [1.165, 1.54) is 37.9 Å². The zero-order chi connectivity index (χ0) is 43.8. The maximum absolute atomic E-state index is 5.63. The predicted molar refractivity (Wildman–Crippen MR) is 277 cm³/mol. The molecular formula is C63H43N3. The molecule has 0 saturated carbocycles.